The van der Waals surface area contributed by atoms with Gasteiger partial charge in [-0.15, -0.1) is 11.3 Å². The highest BCUT2D eigenvalue weighted by atomic mass is 32.1. The number of aromatic nitrogens is 1. The Morgan fingerprint density at radius 3 is 2.79 bits per heavy atom. The Balaban J connectivity index is 2.52. The first-order valence-electron chi connectivity index (χ1n) is 5.36. The molecule has 0 aliphatic heterocycles. The van der Waals surface area contributed by atoms with E-state index < -0.39 is 0 Å². The number of hydrogen-bond acceptors (Lipinski definition) is 3. The first-order valence-corrected chi connectivity index (χ1v) is 6.30. The molecule has 1 aromatic rings. The fourth-order valence-electron chi connectivity index (χ4n) is 1.60. The van der Waals surface area contributed by atoms with E-state index in [1.807, 2.05) is 5.51 Å². The van der Waals surface area contributed by atoms with E-state index in [2.05, 4.69) is 24.2 Å². The van der Waals surface area contributed by atoms with E-state index in [0.717, 1.165) is 25.0 Å². The van der Waals surface area contributed by atoms with Crippen LogP contribution in [0.2, 0.25) is 0 Å². The lowest BCUT2D eigenvalue weighted by molar-refractivity contribution is 0.362. The Bertz CT molecular complexity index is 246. The monoisotopic (exact) mass is 212 g/mol. The van der Waals surface area contributed by atoms with Crippen molar-refractivity contribution in [3.8, 4) is 0 Å². The Kier molecular flexibility index (Phi) is 4.55. The van der Waals surface area contributed by atoms with E-state index in [1.54, 1.807) is 11.3 Å². The minimum Gasteiger partial charge on any atom is -0.325 e. The van der Waals surface area contributed by atoms with Gasteiger partial charge in [-0.2, -0.15) is 0 Å². The molecule has 0 spiro atoms. The average molecular weight is 212 g/mol. The summed E-state index contributed by atoms with van der Waals surface area (Å²) < 4.78 is 0. The highest BCUT2D eigenvalue weighted by Crippen LogP contribution is 2.20. The fourth-order valence-corrected chi connectivity index (χ4v) is 2.16. The van der Waals surface area contributed by atoms with Crippen LogP contribution in [-0.2, 0) is 6.42 Å². The second kappa shape index (κ2) is 5.47. The van der Waals surface area contributed by atoms with Crippen molar-refractivity contribution in [2.24, 2.45) is 5.73 Å². The molecule has 2 nitrogen and oxygen atoms in total. The first kappa shape index (κ1) is 11.7. The van der Waals surface area contributed by atoms with E-state index in [-0.39, 0.29) is 5.54 Å². The minimum atomic E-state index is -0.0376. The molecule has 0 bridgehead atoms. The maximum Gasteiger partial charge on any atom is 0.0794 e. The molecule has 0 saturated carbocycles. The van der Waals surface area contributed by atoms with Gasteiger partial charge in [0.05, 0.1) is 11.2 Å². The normalized spacial score (nSPS) is 15.4. The summed E-state index contributed by atoms with van der Waals surface area (Å²) in [7, 11) is 0. The zero-order valence-electron chi connectivity index (χ0n) is 9.12. The molecule has 3 heteroatoms. The number of nitrogens with zero attached hydrogens (tertiary/aromatic N) is 1. The van der Waals surface area contributed by atoms with Crippen molar-refractivity contribution in [1.82, 2.24) is 4.98 Å². The van der Waals surface area contributed by atoms with Crippen LogP contribution in [0.25, 0.3) is 0 Å². The Morgan fingerprint density at radius 2 is 2.29 bits per heavy atom. The van der Waals surface area contributed by atoms with Gasteiger partial charge in [-0.1, -0.05) is 26.7 Å². The molecule has 0 radical (unpaired) electrons. The van der Waals surface area contributed by atoms with Crippen LogP contribution < -0.4 is 5.73 Å². The van der Waals surface area contributed by atoms with Crippen LogP contribution in [0.1, 0.15) is 45.2 Å². The lowest BCUT2D eigenvalue weighted by Crippen LogP contribution is -2.41. The van der Waals surface area contributed by atoms with Gasteiger partial charge in [-0.05, 0) is 12.8 Å². The third kappa shape index (κ3) is 3.39. The van der Waals surface area contributed by atoms with Crippen molar-refractivity contribution >= 4 is 11.3 Å². The summed E-state index contributed by atoms with van der Waals surface area (Å²) in [6.45, 7) is 4.38. The summed E-state index contributed by atoms with van der Waals surface area (Å²) in [5.74, 6) is 0. The standard InChI is InChI=1S/C11H20N2S/c1-3-5-6-11(12,4-2)7-10-8-14-9-13-10/h8-9H,3-7,12H2,1-2H3. The van der Waals surface area contributed by atoms with Gasteiger partial charge in [-0.3, -0.25) is 0 Å². The van der Waals surface area contributed by atoms with Crippen LogP contribution >= 0.6 is 11.3 Å². The molecule has 0 amide bonds. The van der Waals surface area contributed by atoms with Crippen molar-refractivity contribution in [3.63, 3.8) is 0 Å². The molecule has 0 aliphatic rings. The van der Waals surface area contributed by atoms with Gasteiger partial charge in [-0.25, -0.2) is 4.98 Å². The third-order valence-electron chi connectivity index (χ3n) is 2.75. The molecule has 0 aliphatic carbocycles. The van der Waals surface area contributed by atoms with Crippen LogP contribution in [0.4, 0.5) is 0 Å². The topological polar surface area (TPSA) is 38.9 Å². The summed E-state index contributed by atoms with van der Waals surface area (Å²) in [6.07, 6.45) is 5.50. The summed E-state index contributed by atoms with van der Waals surface area (Å²) in [4.78, 5) is 4.30. The SMILES string of the molecule is CCCCC(N)(CC)Cc1cscn1. The molecule has 1 rings (SSSR count). The lowest BCUT2D eigenvalue weighted by atomic mass is 9.86. The van der Waals surface area contributed by atoms with E-state index in [9.17, 15) is 0 Å². The van der Waals surface area contributed by atoms with Gasteiger partial charge >= 0.3 is 0 Å². The maximum atomic E-state index is 6.34. The number of hydrogen-bond donors (Lipinski definition) is 1. The van der Waals surface area contributed by atoms with Gasteiger partial charge < -0.3 is 5.73 Å². The van der Waals surface area contributed by atoms with Crippen molar-refractivity contribution in [3.05, 3.63) is 16.6 Å². The minimum absolute atomic E-state index is 0.0376. The average Bonchev–Trinajstić information content (AvgIpc) is 2.67. The predicted octanol–water partition coefficient (Wildman–Crippen LogP) is 2.98. The van der Waals surface area contributed by atoms with Crippen LogP contribution in [-0.4, -0.2) is 10.5 Å². The Hall–Kier alpha value is -0.410. The molecular formula is C11H20N2S. The van der Waals surface area contributed by atoms with Gasteiger partial charge in [0.1, 0.15) is 0 Å². The first-order chi connectivity index (χ1) is 6.70. The van der Waals surface area contributed by atoms with Crippen LogP contribution in [0, 0.1) is 0 Å². The number of thiazole rings is 1. The number of nitrogens with two attached hydrogens (primary N) is 1. The van der Waals surface area contributed by atoms with E-state index in [4.69, 9.17) is 5.73 Å². The Labute approximate surface area is 90.6 Å². The van der Waals surface area contributed by atoms with Gasteiger partial charge in [0.25, 0.3) is 0 Å². The summed E-state index contributed by atoms with van der Waals surface area (Å²) in [6, 6.07) is 0. The van der Waals surface area contributed by atoms with Crippen molar-refractivity contribution in [1.29, 1.82) is 0 Å². The summed E-state index contributed by atoms with van der Waals surface area (Å²) in [5, 5.41) is 2.10. The molecule has 80 valence electrons. The highest BCUT2D eigenvalue weighted by molar-refractivity contribution is 7.07. The molecule has 1 aromatic heterocycles. The molecule has 1 unspecified atom stereocenters. The lowest BCUT2D eigenvalue weighted by Gasteiger charge is -2.27. The molecule has 14 heavy (non-hydrogen) atoms. The summed E-state index contributed by atoms with van der Waals surface area (Å²) in [5.41, 5.74) is 9.33. The Morgan fingerprint density at radius 1 is 1.50 bits per heavy atom. The number of rotatable bonds is 6. The van der Waals surface area contributed by atoms with Gasteiger partial charge in [0.15, 0.2) is 0 Å². The van der Waals surface area contributed by atoms with Crippen LogP contribution in [0.5, 0.6) is 0 Å². The van der Waals surface area contributed by atoms with E-state index >= 15 is 0 Å². The molecule has 1 heterocycles. The van der Waals surface area contributed by atoms with Crippen molar-refractivity contribution < 1.29 is 0 Å². The molecule has 1 atom stereocenters. The van der Waals surface area contributed by atoms with Gasteiger partial charge in [0.2, 0.25) is 0 Å². The smallest absolute Gasteiger partial charge is 0.0794 e. The quantitative estimate of drug-likeness (QED) is 0.787. The van der Waals surface area contributed by atoms with Crippen LogP contribution in [0.3, 0.4) is 0 Å². The number of unbranched alkanes of at least 4 members (excludes halogenated alkanes) is 1. The fraction of sp³-hybridized carbons (Fsp3) is 0.727. The van der Waals surface area contributed by atoms with Crippen LogP contribution in [0.15, 0.2) is 10.9 Å². The molecule has 0 saturated heterocycles. The van der Waals surface area contributed by atoms with E-state index in [0.29, 0.717) is 0 Å². The van der Waals surface area contributed by atoms with Crippen molar-refractivity contribution in [2.75, 3.05) is 0 Å². The third-order valence-corrected chi connectivity index (χ3v) is 3.38. The molecule has 0 fully saturated rings. The highest BCUT2D eigenvalue weighted by Gasteiger charge is 2.23. The van der Waals surface area contributed by atoms with Crippen molar-refractivity contribution in [2.45, 2.75) is 51.5 Å². The van der Waals surface area contributed by atoms with Gasteiger partial charge in [0, 0.05) is 17.3 Å². The zero-order chi connectivity index (χ0) is 10.4. The second-order valence-corrected chi connectivity index (χ2v) is 4.69. The predicted molar refractivity (Wildman–Crippen MR) is 62.6 cm³/mol. The molecular weight excluding hydrogens is 192 g/mol. The second-order valence-electron chi connectivity index (χ2n) is 3.98. The zero-order valence-corrected chi connectivity index (χ0v) is 9.94. The maximum absolute atomic E-state index is 6.34. The molecule has 2 N–H and O–H groups in total. The largest absolute Gasteiger partial charge is 0.325 e. The van der Waals surface area contributed by atoms with E-state index in [1.165, 1.54) is 12.8 Å². The summed E-state index contributed by atoms with van der Waals surface area (Å²) >= 11 is 1.65. The molecule has 0 aromatic carbocycles.